The van der Waals surface area contributed by atoms with Gasteiger partial charge in [-0.2, -0.15) is 0 Å². The molecule has 4 nitrogen and oxygen atoms in total. The predicted molar refractivity (Wildman–Crippen MR) is 59.5 cm³/mol. The van der Waals surface area contributed by atoms with Crippen LogP contribution in [0.2, 0.25) is 0 Å². The van der Waals surface area contributed by atoms with Crippen molar-refractivity contribution in [2.45, 2.75) is 51.2 Å². The topological polar surface area (TPSA) is 64.3 Å². The van der Waals surface area contributed by atoms with Crippen LogP contribution in [-0.2, 0) is 9.53 Å². The zero-order valence-electron chi connectivity index (χ0n) is 9.50. The first-order chi connectivity index (χ1) is 7.18. The number of nitrogens with two attached hydrogens (primary N) is 1. The number of hydrogen-bond acceptors (Lipinski definition) is 3. The number of carbonyl (C=O) groups is 1. The van der Waals surface area contributed by atoms with Gasteiger partial charge in [0.1, 0.15) is 0 Å². The van der Waals surface area contributed by atoms with Crippen LogP contribution >= 0.6 is 0 Å². The lowest BCUT2D eigenvalue weighted by Gasteiger charge is -2.22. The summed E-state index contributed by atoms with van der Waals surface area (Å²) in [5.41, 5.74) is 5.59. The Bertz CT molecular complexity index is 189. The van der Waals surface area contributed by atoms with E-state index in [0.717, 1.165) is 25.9 Å². The predicted octanol–water partition coefficient (Wildman–Crippen LogP) is 0.799. The van der Waals surface area contributed by atoms with Crippen LogP contribution in [-0.4, -0.2) is 31.2 Å². The molecule has 4 heteroatoms. The molecule has 1 heterocycles. The van der Waals surface area contributed by atoms with Gasteiger partial charge in [0, 0.05) is 19.2 Å². The Morgan fingerprint density at radius 3 is 3.00 bits per heavy atom. The first kappa shape index (κ1) is 12.5. The Balaban J connectivity index is 2.06. The van der Waals surface area contributed by atoms with Gasteiger partial charge in [0.05, 0.1) is 12.5 Å². The number of carbonyl (C=O) groups excluding carboxylic acids is 1. The van der Waals surface area contributed by atoms with Crippen LogP contribution in [0.15, 0.2) is 0 Å². The van der Waals surface area contributed by atoms with Gasteiger partial charge in [0.15, 0.2) is 0 Å². The smallest absolute Gasteiger partial charge is 0.222 e. The van der Waals surface area contributed by atoms with Crippen LogP contribution in [0.4, 0.5) is 0 Å². The first-order valence-electron chi connectivity index (χ1n) is 5.82. The van der Waals surface area contributed by atoms with Gasteiger partial charge in [-0.3, -0.25) is 4.79 Å². The van der Waals surface area contributed by atoms with E-state index < -0.39 is 0 Å². The van der Waals surface area contributed by atoms with Crippen LogP contribution < -0.4 is 11.1 Å². The van der Waals surface area contributed by atoms with E-state index in [2.05, 4.69) is 5.32 Å². The standard InChI is InChI=1S/C11H22N2O2/c1-9(12)5-6-13-11(14)8-10-4-2-3-7-15-10/h9-10H,2-8,12H2,1H3,(H,13,14). The Hall–Kier alpha value is -0.610. The minimum atomic E-state index is 0.0857. The van der Waals surface area contributed by atoms with Crippen molar-refractivity contribution >= 4 is 5.91 Å². The first-order valence-corrected chi connectivity index (χ1v) is 5.82. The minimum absolute atomic E-state index is 0.0857. The number of ether oxygens (including phenoxy) is 1. The van der Waals surface area contributed by atoms with E-state index in [4.69, 9.17) is 10.5 Å². The van der Waals surface area contributed by atoms with E-state index in [1.165, 1.54) is 6.42 Å². The maximum atomic E-state index is 11.5. The molecular formula is C11H22N2O2. The summed E-state index contributed by atoms with van der Waals surface area (Å²) in [7, 11) is 0. The number of rotatable bonds is 5. The molecule has 0 aromatic heterocycles. The molecule has 0 aromatic rings. The highest BCUT2D eigenvalue weighted by Crippen LogP contribution is 2.15. The molecule has 2 atom stereocenters. The number of amides is 1. The molecule has 0 saturated carbocycles. The van der Waals surface area contributed by atoms with Gasteiger partial charge in [-0.1, -0.05) is 0 Å². The van der Waals surface area contributed by atoms with Gasteiger partial charge in [0.2, 0.25) is 5.91 Å². The second kappa shape index (κ2) is 6.80. The quantitative estimate of drug-likeness (QED) is 0.711. The van der Waals surface area contributed by atoms with E-state index >= 15 is 0 Å². The van der Waals surface area contributed by atoms with E-state index in [1.54, 1.807) is 0 Å². The van der Waals surface area contributed by atoms with Gasteiger partial charge < -0.3 is 15.8 Å². The van der Waals surface area contributed by atoms with Gasteiger partial charge in [0.25, 0.3) is 0 Å². The summed E-state index contributed by atoms with van der Waals surface area (Å²) < 4.78 is 5.49. The highest BCUT2D eigenvalue weighted by molar-refractivity contribution is 5.76. The molecule has 15 heavy (non-hydrogen) atoms. The molecule has 1 amide bonds. The lowest BCUT2D eigenvalue weighted by Crippen LogP contribution is -2.32. The fraction of sp³-hybridized carbons (Fsp3) is 0.909. The molecule has 0 aliphatic carbocycles. The fourth-order valence-electron chi connectivity index (χ4n) is 1.69. The van der Waals surface area contributed by atoms with Crippen LogP contribution in [0.25, 0.3) is 0 Å². The third kappa shape index (κ3) is 5.74. The Morgan fingerprint density at radius 2 is 2.40 bits per heavy atom. The van der Waals surface area contributed by atoms with Gasteiger partial charge in [-0.05, 0) is 32.6 Å². The molecule has 1 aliphatic rings. The maximum Gasteiger partial charge on any atom is 0.222 e. The number of nitrogens with one attached hydrogen (secondary N) is 1. The van der Waals surface area contributed by atoms with Crippen molar-refractivity contribution in [3.05, 3.63) is 0 Å². The lowest BCUT2D eigenvalue weighted by atomic mass is 10.1. The van der Waals surface area contributed by atoms with Crippen molar-refractivity contribution in [1.29, 1.82) is 0 Å². The highest BCUT2D eigenvalue weighted by atomic mass is 16.5. The van der Waals surface area contributed by atoms with Crippen LogP contribution in [0.3, 0.4) is 0 Å². The Labute approximate surface area is 91.5 Å². The average Bonchev–Trinajstić information content (AvgIpc) is 2.18. The summed E-state index contributed by atoms with van der Waals surface area (Å²) in [6.07, 6.45) is 4.78. The summed E-state index contributed by atoms with van der Waals surface area (Å²) in [5.74, 6) is 0.0857. The minimum Gasteiger partial charge on any atom is -0.378 e. The van der Waals surface area contributed by atoms with Crippen molar-refractivity contribution in [3.63, 3.8) is 0 Å². The molecule has 3 N–H and O–H groups in total. The Kier molecular flexibility index (Phi) is 5.65. The number of hydrogen-bond donors (Lipinski definition) is 2. The van der Waals surface area contributed by atoms with Crippen LogP contribution in [0, 0.1) is 0 Å². The SMILES string of the molecule is CC(N)CCNC(=O)CC1CCCCO1. The van der Waals surface area contributed by atoms with Crippen molar-refractivity contribution in [2.75, 3.05) is 13.2 Å². The second-order valence-corrected chi connectivity index (χ2v) is 4.31. The van der Waals surface area contributed by atoms with Gasteiger partial charge in [-0.15, -0.1) is 0 Å². The average molecular weight is 214 g/mol. The van der Waals surface area contributed by atoms with Crippen molar-refractivity contribution in [2.24, 2.45) is 5.73 Å². The normalized spacial score (nSPS) is 23.5. The third-order valence-electron chi connectivity index (χ3n) is 2.61. The third-order valence-corrected chi connectivity index (χ3v) is 2.61. The largest absolute Gasteiger partial charge is 0.378 e. The zero-order valence-corrected chi connectivity index (χ0v) is 9.50. The monoisotopic (exact) mass is 214 g/mol. The van der Waals surface area contributed by atoms with Crippen LogP contribution in [0.5, 0.6) is 0 Å². The summed E-state index contributed by atoms with van der Waals surface area (Å²) in [4.78, 5) is 11.5. The molecule has 0 radical (unpaired) electrons. The summed E-state index contributed by atoms with van der Waals surface area (Å²) >= 11 is 0. The summed E-state index contributed by atoms with van der Waals surface area (Å²) in [6.45, 7) is 3.41. The molecule has 2 unspecified atom stereocenters. The zero-order chi connectivity index (χ0) is 11.1. The van der Waals surface area contributed by atoms with Crippen molar-refractivity contribution < 1.29 is 9.53 Å². The molecule has 88 valence electrons. The van der Waals surface area contributed by atoms with Gasteiger partial charge >= 0.3 is 0 Å². The van der Waals surface area contributed by atoms with Crippen LogP contribution in [0.1, 0.15) is 39.0 Å². The van der Waals surface area contributed by atoms with Crippen molar-refractivity contribution in [3.8, 4) is 0 Å². The molecular weight excluding hydrogens is 192 g/mol. The van der Waals surface area contributed by atoms with Crippen molar-refractivity contribution in [1.82, 2.24) is 5.32 Å². The maximum absolute atomic E-state index is 11.5. The molecule has 1 fully saturated rings. The summed E-state index contributed by atoms with van der Waals surface area (Å²) in [6, 6.07) is 0.149. The Morgan fingerprint density at radius 1 is 1.60 bits per heavy atom. The lowest BCUT2D eigenvalue weighted by molar-refractivity contribution is -0.124. The van der Waals surface area contributed by atoms with E-state index in [0.29, 0.717) is 13.0 Å². The molecule has 0 aromatic carbocycles. The van der Waals surface area contributed by atoms with E-state index in [1.807, 2.05) is 6.92 Å². The fourth-order valence-corrected chi connectivity index (χ4v) is 1.69. The molecule has 1 saturated heterocycles. The van der Waals surface area contributed by atoms with E-state index in [-0.39, 0.29) is 18.1 Å². The van der Waals surface area contributed by atoms with E-state index in [9.17, 15) is 4.79 Å². The molecule has 0 bridgehead atoms. The summed E-state index contributed by atoms with van der Waals surface area (Å²) in [5, 5.41) is 2.86. The highest BCUT2D eigenvalue weighted by Gasteiger charge is 2.17. The molecule has 1 aliphatic heterocycles. The second-order valence-electron chi connectivity index (χ2n) is 4.31. The van der Waals surface area contributed by atoms with Gasteiger partial charge in [-0.25, -0.2) is 0 Å². The molecule has 0 spiro atoms. The molecule has 1 rings (SSSR count).